The predicted octanol–water partition coefficient (Wildman–Crippen LogP) is 2.73. The molecule has 3 aromatic rings. The maximum absolute atomic E-state index is 12.4. The Morgan fingerprint density at radius 2 is 2.10 bits per heavy atom. The summed E-state index contributed by atoms with van der Waals surface area (Å²) in [4.78, 5) is 28.4. The van der Waals surface area contributed by atoms with Gasteiger partial charge in [0.2, 0.25) is 5.91 Å². The zero-order valence-electron chi connectivity index (χ0n) is 17.6. The number of anilines is 3. The first-order chi connectivity index (χ1) is 14.5. The number of amides is 1. The molecule has 156 valence electrons. The zero-order chi connectivity index (χ0) is 20.8. The van der Waals surface area contributed by atoms with Crippen LogP contribution in [0.1, 0.15) is 36.9 Å². The van der Waals surface area contributed by atoms with E-state index in [2.05, 4.69) is 28.6 Å². The number of pyridine rings is 2. The molecule has 0 radical (unpaired) electrons. The van der Waals surface area contributed by atoms with Crippen LogP contribution < -0.4 is 15.5 Å². The lowest BCUT2D eigenvalue weighted by Gasteiger charge is -2.28. The Morgan fingerprint density at radius 1 is 1.30 bits per heavy atom. The van der Waals surface area contributed by atoms with E-state index in [9.17, 15) is 4.79 Å². The van der Waals surface area contributed by atoms with Gasteiger partial charge in [0.15, 0.2) is 5.82 Å². The summed E-state index contributed by atoms with van der Waals surface area (Å²) >= 11 is 0. The second-order valence-electron chi connectivity index (χ2n) is 8.32. The van der Waals surface area contributed by atoms with Crippen LogP contribution in [0, 0.1) is 5.92 Å². The molecule has 8 heteroatoms. The summed E-state index contributed by atoms with van der Waals surface area (Å²) in [5.74, 6) is 1.92. The van der Waals surface area contributed by atoms with Gasteiger partial charge < -0.3 is 20.1 Å². The van der Waals surface area contributed by atoms with E-state index in [0.717, 1.165) is 55.1 Å². The summed E-state index contributed by atoms with van der Waals surface area (Å²) in [5.41, 5.74) is 5.06. The molecule has 2 fully saturated rings. The normalized spacial score (nSPS) is 16.5. The standard InChI is InChI=1S/C22H27N7O/c1-4-13-7-16(15-9-23-10-15)24-11-18(13)29(3)19-8-17-20(25-12-28(17)2)21(26-19)27-22(30)14-5-6-14/h7-8,11-12,14-15,23H,4-6,9-10H2,1-3H3,(H,26,27,30). The fourth-order valence-corrected chi connectivity index (χ4v) is 3.88. The Morgan fingerprint density at radius 3 is 2.77 bits per heavy atom. The number of nitrogens with one attached hydrogen (secondary N) is 2. The van der Waals surface area contributed by atoms with E-state index in [0.29, 0.717) is 17.3 Å². The topological polar surface area (TPSA) is 88.0 Å². The summed E-state index contributed by atoms with van der Waals surface area (Å²) in [7, 11) is 3.95. The molecule has 0 spiro atoms. The second-order valence-corrected chi connectivity index (χ2v) is 8.32. The molecule has 4 heterocycles. The quantitative estimate of drug-likeness (QED) is 0.656. The molecule has 0 aromatic carbocycles. The van der Waals surface area contributed by atoms with Gasteiger partial charge in [-0.25, -0.2) is 9.97 Å². The molecule has 1 saturated carbocycles. The van der Waals surface area contributed by atoms with Crippen molar-refractivity contribution in [3.63, 3.8) is 0 Å². The number of rotatable bonds is 6. The number of fused-ring (bicyclic) bond motifs is 1. The van der Waals surface area contributed by atoms with Crippen molar-refractivity contribution in [1.82, 2.24) is 24.8 Å². The zero-order valence-corrected chi connectivity index (χ0v) is 17.6. The van der Waals surface area contributed by atoms with Crippen LogP contribution in [-0.2, 0) is 18.3 Å². The molecule has 2 N–H and O–H groups in total. The van der Waals surface area contributed by atoms with Crippen molar-refractivity contribution >= 4 is 34.3 Å². The number of aromatic nitrogens is 4. The first kappa shape index (κ1) is 19.0. The molecule has 3 aromatic heterocycles. The predicted molar refractivity (Wildman–Crippen MR) is 117 cm³/mol. The van der Waals surface area contributed by atoms with Crippen LogP contribution >= 0.6 is 0 Å². The van der Waals surface area contributed by atoms with Crippen molar-refractivity contribution < 1.29 is 4.79 Å². The van der Waals surface area contributed by atoms with Crippen LogP contribution in [0.15, 0.2) is 24.7 Å². The van der Waals surface area contributed by atoms with Crippen molar-refractivity contribution in [2.75, 3.05) is 30.4 Å². The maximum Gasteiger partial charge on any atom is 0.228 e. The number of nitrogens with zero attached hydrogens (tertiary/aromatic N) is 5. The van der Waals surface area contributed by atoms with Crippen LogP contribution in [0.3, 0.4) is 0 Å². The van der Waals surface area contributed by atoms with Gasteiger partial charge in [0.25, 0.3) is 0 Å². The van der Waals surface area contributed by atoms with Crippen LogP contribution in [0.4, 0.5) is 17.3 Å². The highest BCUT2D eigenvalue weighted by molar-refractivity contribution is 6.00. The fourth-order valence-electron chi connectivity index (χ4n) is 3.88. The van der Waals surface area contributed by atoms with Crippen molar-refractivity contribution in [3.8, 4) is 0 Å². The van der Waals surface area contributed by atoms with Gasteiger partial charge in [-0.15, -0.1) is 0 Å². The van der Waals surface area contributed by atoms with Gasteiger partial charge in [-0.3, -0.25) is 9.78 Å². The Bertz CT molecular complexity index is 1110. The summed E-state index contributed by atoms with van der Waals surface area (Å²) in [6.45, 7) is 4.15. The lowest BCUT2D eigenvalue weighted by molar-refractivity contribution is -0.117. The van der Waals surface area contributed by atoms with Crippen LogP contribution in [-0.4, -0.2) is 45.6 Å². The first-order valence-electron chi connectivity index (χ1n) is 10.6. The number of hydrogen-bond donors (Lipinski definition) is 2. The first-order valence-corrected chi connectivity index (χ1v) is 10.6. The van der Waals surface area contributed by atoms with Gasteiger partial charge in [-0.05, 0) is 30.9 Å². The van der Waals surface area contributed by atoms with Gasteiger partial charge in [-0.1, -0.05) is 6.92 Å². The molecule has 2 aliphatic rings. The van der Waals surface area contributed by atoms with Crippen molar-refractivity contribution in [3.05, 3.63) is 35.9 Å². The highest BCUT2D eigenvalue weighted by Gasteiger charge is 2.30. The highest BCUT2D eigenvalue weighted by Crippen LogP contribution is 2.34. The third-order valence-electron chi connectivity index (χ3n) is 6.16. The second kappa shape index (κ2) is 7.36. The Labute approximate surface area is 175 Å². The lowest BCUT2D eigenvalue weighted by atomic mass is 9.96. The van der Waals surface area contributed by atoms with E-state index < -0.39 is 0 Å². The van der Waals surface area contributed by atoms with E-state index in [-0.39, 0.29) is 11.8 Å². The summed E-state index contributed by atoms with van der Waals surface area (Å²) in [5, 5.41) is 6.31. The largest absolute Gasteiger partial charge is 0.334 e. The molecule has 8 nitrogen and oxygen atoms in total. The minimum Gasteiger partial charge on any atom is -0.334 e. The molecule has 1 saturated heterocycles. The Kier molecular flexibility index (Phi) is 4.66. The Hall–Kier alpha value is -3.00. The molecule has 1 amide bonds. The Balaban J connectivity index is 1.53. The van der Waals surface area contributed by atoms with E-state index in [4.69, 9.17) is 9.97 Å². The molecule has 30 heavy (non-hydrogen) atoms. The molecular formula is C22H27N7O. The molecule has 5 rings (SSSR count). The average Bonchev–Trinajstić information content (AvgIpc) is 3.50. The van der Waals surface area contributed by atoms with E-state index >= 15 is 0 Å². The summed E-state index contributed by atoms with van der Waals surface area (Å²) < 4.78 is 1.95. The number of carbonyl (C=O) groups excluding carboxylic acids is 1. The minimum atomic E-state index is 0.0311. The molecule has 1 aliphatic heterocycles. The number of hydrogen-bond acceptors (Lipinski definition) is 6. The SMILES string of the molecule is CCc1cc(C2CNC2)ncc1N(C)c1cc2c(ncn2C)c(NC(=O)C2CC2)n1. The fraction of sp³-hybridized carbons (Fsp3) is 0.455. The average molecular weight is 406 g/mol. The smallest absolute Gasteiger partial charge is 0.228 e. The van der Waals surface area contributed by atoms with Gasteiger partial charge >= 0.3 is 0 Å². The third-order valence-corrected chi connectivity index (χ3v) is 6.16. The van der Waals surface area contributed by atoms with Crippen molar-refractivity contribution in [2.24, 2.45) is 13.0 Å². The molecular weight excluding hydrogens is 378 g/mol. The van der Waals surface area contributed by atoms with E-state index in [1.807, 2.05) is 35.8 Å². The summed E-state index contributed by atoms with van der Waals surface area (Å²) in [6.07, 6.45) is 6.51. The molecule has 1 aliphatic carbocycles. The van der Waals surface area contributed by atoms with Crippen LogP contribution in [0.25, 0.3) is 11.0 Å². The van der Waals surface area contributed by atoms with Crippen LogP contribution in [0.2, 0.25) is 0 Å². The van der Waals surface area contributed by atoms with E-state index in [1.54, 1.807) is 6.33 Å². The third kappa shape index (κ3) is 3.31. The van der Waals surface area contributed by atoms with Gasteiger partial charge in [0.05, 0.1) is 23.7 Å². The van der Waals surface area contributed by atoms with Crippen molar-refractivity contribution in [2.45, 2.75) is 32.1 Å². The van der Waals surface area contributed by atoms with Gasteiger partial charge in [0.1, 0.15) is 11.3 Å². The lowest BCUT2D eigenvalue weighted by Crippen LogP contribution is -2.40. The summed E-state index contributed by atoms with van der Waals surface area (Å²) in [6, 6.07) is 4.23. The molecule has 0 bridgehead atoms. The van der Waals surface area contributed by atoms with Crippen molar-refractivity contribution in [1.29, 1.82) is 0 Å². The molecule has 0 unspecified atom stereocenters. The highest BCUT2D eigenvalue weighted by atomic mass is 16.2. The number of aryl methyl sites for hydroxylation is 2. The minimum absolute atomic E-state index is 0.0311. The monoisotopic (exact) mass is 405 g/mol. The maximum atomic E-state index is 12.4. The molecule has 0 atom stereocenters. The van der Waals surface area contributed by atoms with E-state index in [1.165, 1.54) is 5.56 Å². The number of carbonyl (C=O) groups is 1. The van der Waals surface area contributed by atoms with Crippen LogP contribution in [0.5, 0.6) is 0 Å². The van der Waals surface area contributed by atoms with Gasteiger partial charge in [0, 0.05) is 50.8 Å². The number of imidazole rings is 1. The van der Waals surface area contributed by atoms with Gasteiger partial charge in [-0.2, -0.15) is 0 Å².